The van der Waals surface area contributed by atoms with Crippen LogP contribution in [0.25, 0.3) is 17.0 Å². The summed E-state index contributed by atoms with van der Waals surface area (Å²) in [7, 11) is 0. The summed E-state index contributed by atoms with van der Waals surface area (Å²) in [6.07, 6.45) is 1.49. The van der Waals surface area contributed by atoms with Crippen molar-refractivity contribution >= 4 is 11.6 Å². The average Bonchev–Trinajstić information content (AvgIpc) is 3.17. The van der Waals surface area contributed by atoms with Gasteiger partial charge < -0.3 is 5.32 Å². The normalized spacial score (nSPS) is 11.8. The Hall–Kier alpha value is -3.72. The molecule has 126 valence electrons. The molecule has 1 atom stereocenters. The van der Waals surface area contributed by atoms with Crippen LogP contribution in [0.15, 0.2) is 67.0 Å². The van der Waals surface area contributed by atoms with Gasteiger partial charge in [0.25, 0.3) is 5.78 Å². The number of nitrogens with one attached hydrogen (secondary N) is 1. The number of anilines is 1. The first-order valence-electron chi connectivity index (χ1n) is 8.27. The molecule has 2 aromatic heterocycles. The number of nitrogens with zero attached hydrogens (tertiary/aromatic N) is 5. The number of aromatic nitrogens is 4. The predicted octanol–water partition coefficient (Wildman–Crippen LogP) is 3.84. The van der Waals surface area contributed by atoms with Gasteiger partial charge in [-0.1, -0.05) is 42.5 Å². The van der Waals surface area contributed by atoms with Gasteiger partial charge in [-0.05, 0) is 24.6 Å². The van der Waals surface area contributed by atoms with Gasteiger partial charge >= 0.3 is 0 Å². The summed E-state index contributed by atoms with van der Waals surface area (Å²) >= 11 is 0. The van der Waals surface area contributed by atoms with E-state index < -0.39 is 0 Å². The fraction of sp³-hybridized carbons (Fsp3) is 0.100. The van der Waals surface area contributed by atoms with E-state index in [0.29, 0.717) is 11.3 Å². The van der Waals surface area contributed by atoms with Crippen molar-refractivity contribution in [3.63, 3.8) is 0 Å². The lowest BCUT2D eigenvalue weighted by Crippen LogP contribution is -2.11. The lowest BCUT2D eigenvalue weighted by Gasteiger charge is -2.17. The van der Waals surface area contributed by atoms with Crippen molar-refractivity contribution in [3.8, 4) is 17.3 Å². The van der Waals surface area contributed by atoms with Crippen molar-refractivity contribution in [1.29, 1.82) is 5.26 Å². The van der Waals surface area contributed by atoms with Gasteiger partial charge in [0.2, 0.25) is 0 Å². The molecule has 0 radical (unpaired) electrons. The highest BCUT2D eigenvalue weighted by Gasteiger charge is 2.12. The second kappa shape index (κ2) is 6.65. The Kier molecular flexibility index (Phi) is 4.04. The van der Waals surface area contributed by atoms with Gasteiger partial charge in [0.15, 0.2) is 0 Å². The lowest BCUT2D eigenvalue weighted by atomic mass is 10.1. The minimum atomic E-state index is -0.0123. The second-order valence-corrected chi connectivity index (χ2v) is 5.97. The molecule has 0 fully saturated rings. The van der Waals surface area contributed by atoms with Crippen LogP contribution >= 0.6 is 0 Å². The number of benzene rings is 2. The Morgan fingerprint density at radius 2 is 1.92 bits per heavy atom. The molecule has 0 spiro atoms. The molecule has 0 aliphatic rings. The maximum atomic E-state index is 9.11. The van der Waals surface area contributed by atoms with Crippen LogP contribution in [-0.4, -0.2) is 19.6 Å². The molecule has 0 amide bonds. The highest BCUT2D eigenvalue weighted by molar-refractivity contribution is 5.65. The number of fused-ring (bicyclic) bond motifs is 1. The average molecular weight is 340 g/mol. The van der Waals surface area contributed by atoms with E-state index >= 15 is 0 Å². The molecule has 1 N–H and O–H groups in total. The van der Waals surface area contributed by atoms with E-state index in [1.807, 2.05) is 61.5 Å². The molecule has 1 unspecified atom stereocenters. The van der Waals surface area contributed by atoms with Gasteiger partial charge in [-0.2, -0.15) is 19.9 Å². The molecule has 4 aromatic rings. The highest BCUT2D eigenvalue weighted by atomic mass is 15.4. The SMILES string of the molecule is CC(Nc1cc(-c2ccccc2)nc2ncnn12)c1cccc(C#N)c1. The third kappa shape index (κ3) is 2.98. The van der Waals surface area contributed by atoms with Gasteiger partial charge in [0, 0.05) is 17.7 Å². The van der Waals surface area contributed by atoms with Crippen molar-refractivity contribution in [2.75, 3.05) is 5.32 Å². The first-order chi connectivity index (χ1) is 12.7. The Morgan fingerprint density at radius 3 is 2.73 bits per heavy atom. The summed E-state index contributed by atoms with van der Waals surface area (Å²) in [5.74, 6) is 1.33. The zero-order chi connectivity index (χ0) is 17.9. The van der Waals surface area contributed by atoms with Gasteiger partial charge in [-0.25, -0.2) is 4.98 Å². The zero-order valence-electron chi connectivity index (χ0n) is 14.2. The monoisotopic (exact) mass is 340 g/mol. The zero-order valence-corrected chi connectivity index (χ0v) is 14.2. The predicted molar refractivity (Wildman–Crippen MR) is 99.4 cm³/mol. The molecule has 4 rings (SSSR count). The molecule has 0 saturated carbocycles. The van der Waals surface area contributed by atoms with Crippen molar-refractivity contribution < 1.29 is 0 Å². The number of hydrogen-bond donors (Lipinski definition) is 1. The fourth-order valence-corrected chi connectivity index (χ4v) is 2.85. The topological polar surface area (TPSA) is 78.9 Å². The molecular weight excluding hydrogens is 324 g/mol. The van der Waals surface area contributed by atoms with Gasteiger partial charge in [-0.15, -0.1) is 0 Å². The Labute approximate surface area is 150 Å². The second-order valence-electron chi connectivity index (χ2n) is 5.97. The summed E-state index contributed by atoms with van der Waals surface area (Å²) in [5.41, 5.74) is 3.50. The van der Waals surface area contributed by atoms with Crippen LogP contribution in [-0.2, 0) is 0 Å². The first-order valence-corrected chi connectivity index (χ1v) is 8.27. The molecule has 0 aliphatic heterocycles. The lowest BCUT2D eigenvalue weighted by molar-refractivity contribution is 0.841. The highest BCUT2D eigenvalue weighted by Crippen LogP contribution is 2.24. The largest absolute Gasteiger partial charge is 0.363 e. The van der Waals surface area contributed by atoms with Crippen molar-refractivity contribution in [2.24, 2.45) is 0 Å². The van der Waals surface area contributed by atoms with Crippen LogP contribution in [0.5, 0.6) is 0 Å². The third-order valence-electron chi connectivity index (χ3n) is 4.20. The van der Waals surface area contributed by atoms with Gasteiger partial charge in [0.1, 0.15) is 12.1 Å². The van der Waals surface area contributed by atoms with Crippen LogP contribution < -0.4 is 5.32 Å². The number of nitriles is 1. The summed E-state index contributed by atoms with van der Waals surface area (Å²) in [6.45, 7) is 2.04. The van der Waals surface area contributed by atoms with E-state index in [9.17, 15) is 0 Å². The standard InChI is InChI=1S/C20H16N6/c1-14(17-9-5-6-15(10-17)12-21)24-19-11-18(16-7-3-2-4-8-16)25-20-22-13-23-26(19)20/h2-11,13-14,24H,1H3. The van der Waals surface area contributed by atoms with E-state index in [0.717, 1.165) is 22.6 Å². The number of hydrogen-bond acceptors (Lipinski definition) is 5. The molecule has 6 nitrogen and oxygen atoms in total. The van der Waals surface area contributed by atoms with Crippen molar-refractivity contribution in [3.05, 3.63) is 78.1 Å². The summed E-state index contributed by atoms with van der Waals surface area (Å²) in [5, 5.41) is 16.8. The van der Waals surface area contributed by atoms with Gasteiger partial charge in [-0.3, -0.25) is 0 Å². The molecule has 0 saturated heterocycles. The summed E-state index contributed by atoms with van der Waals surface area (Å²) < 4.78 is 1.68. The van der Waals surface area contributed by atoms with E-state index in [2.05, 4.69) is 26.5 Å². The van der Waals surface area contributed by atoms with E-state index in [1.54, 1.807) is 10.6 Å². The summed E-state index contributed by atoms with van der Waals surface area (Å²) in [4.78, 5) is 8.81. The van der Waals surface area contributed by atoms with Crippen molar-refractivity contribution in [2.45, 2.75) is 13.0 Å². The molecule has 26 heavy (non-hydrogen) atoms. The van der Waals surface area contributed by atoms with E-state index in [4.69, 9.17) is 5.26 Å². The molecule has 0 bridgehead atoms. The Balaban J connectivity index is 1.73. The van der Waals surface area contributed by atoms with Crippen LogP contribution in [0, 0.1) is 11.3 Å². The van der Waals surface area contributed by atoms with Crippen LogP contribution in [0.2, 0.25) is 0 Å². The van der Waals surface area contributed by atoms with Crippen LogP contribution in [0.3, 0.4) is 0 Å². The Bertz CT molecular complexity index is 1090. The van der Waals surface area contributed by atoms with Gasteiger partial charge in [0.05, 0.1) is 17.3 Å². The van der Waals surface area contributed by atoms with Crippen molar-refractivity contribution in [1.82, 2.24) is 19.6 Å². The Morgan fingerprint density at radius 1 is 1.08 bits per heavy atom. The molecular formula is C20H16N6. The van der Waals surface area contributed by atoms with Crippen LogP contribution in [0.1, 0.15) is 24.1 Å². The maximum Gasteiger partial charge on any atom is 0.254 e. The molecule has 2 heterocycles. The minimum absolute atomic E-state index is 0.0123. The smallest absolute Gasteiger partial charge is 0.254 e. The van der Waals surface area contributed by atoms with E-state index in [-0.39, 0.29) is 6.04 Å². The first kappa shape index (κ1) is 15.8. The number of rotatable bonds is 4. The quantitative estimate of drug-likeness (QED) is 0.611. The maximum absolute atomic E-state index is 9.11. The molecule has 6 heteroatoms. The summed E-state index contributed by atoms with van der Waals surface area (Å²) in [6, 6.07) is 21.7. The molecule has 0 aliphatic carbocycles. The third-order valence-corrected chi connectivity index (χ3v) is 4.20. The minimum Gasteiger partial charge on any atom is -0.363 e. The van der Waals surface area contributed by atoms with Crippen LogP contribution in [0.4, 0.5) is 5.82 Å². The molecule has 2 aromatic carbocycles. The fourth-order valence-electron chi connectivity index (χ4n) is 2.85. The van der Waals surface area contributed by atoms with E-state index in [1.165, 1.54) is 6.33 Å².